The largest absolute Gasteiger partial charge is 0.366 e. The molecule has 0 amide bonds. The minimum absolute atomic E-state index is 0.302. The van der Waals surface area contributed by atoms with Crippen LogP contribution >= 0.6 is 0 Å². The summed E-state index contributed by atoms with van der Waals surface area (Å²) < 4.78 is 0. The molecule has 2 aromatic carbocycles. The Hall–Kier alpha value is -2.88. The highest BCUT2D eigenvalue weighted by molar-refractivity contribution is 5.45. The van der Waals surface area contributed by atoms with Gasteiger partial charge in [0.25, 0.3) is 0 Å². The van der Waals surface area contributed by atoms with E-state index in [2.05, 4.69) is 79.5 Å². The molecule has 0 aliphatic heterocycles. The number of rotatable bonds is 7. The van der Waals surface area contributed by atoms with Gasteiger partial charge < -0.3 is 10.2 Å². The first kappa shape index (κ1) is 18.9. The van der Waals surface area contributed by atoms with E-state index in [1.54, 1.807) is 0 Å². The van der Waals surface area contributed by atoms with Gasteiger partial charge in [0.05, 0.1) is 0 Å². The minimum Gasteiger partial charge on any atom is -0.366 e. The maximum Gasteiger partial charge on any atom is 0.228 e. The zero-order valence-electron chi connectivity index (χ0n) is 16.6. The fourth-order valence-electron chi connectivity index (χ4n) is 3.05. The van der Waals surface area contributed by atoms with Gasteiger partial charge in [-0.25, -0.2) is 4.98 Å². The van der Waals surface area contributed by atoms with Gasteiger partial charge in [-0.2, -0.15) is 4.98 Å². The van der Waals surface area contributed by atoms with Crippen LogP contribution in [0.25, 0.3) is 0 Å². The Morgan fingerprint density at radius 1 is 0.889 bits per heavy atom. The summed E-state index contributed by atoms with van der Waals surface area (Å²) in [6.45, 7) is 10.0. The summed E-state index contributed by atoms with van der Waals surface area (Å²) in [5.41, 5.74) is 4.73. The zero-order chi connectivity index (χ0) is 19.2. The summed E-state index contributed by atoms with van der Waals surface area (Å²) in [6, 6.07) is 21.3. The van der Waals surface area contributed by atoms with Crippen molar-refractivity contribution >= 4 is 11.8 Å². The van der Waals surface area contributed by atoms with Crippen molar-refractivity contribution in [3.63, 3.8) is 0 Å². The molecule has 4 heteroatoms. The molecule has 140 valence electrons. The van der Waals surface area contributed by atoms with Crippen molar-refractivity contribution in [3.05, 3.63) is 83.0 Å². The molecule has 27 heavy (non-hydrogen) atoms. The summed E-state index contributed by atoms with van der Waals surface area (Å²) in [7, 11) is 0. The first-order chi connectivity index (χ1) is 13.0. The number of hydrogen-bond acceptors (Lipinski definition) is 4. The standard InChI is InChI=1S/C23H28N4/c1-17(2)27(16-20-10-6-5-7-11-20)23-25-19(4)14-22(26-23)24-15-21-12-8-9-18(3)13-21/h5-14,17H,15-16H2,1-4H3,(H,24,25,26). The Morgan fingerprint density at radius 2 is 1.63 bits per heavy atom. The third-order valence-corrected chi connectivity index (χ3v) is 4.47. The predicted octanol–water partition coefficient (Wildman–Crippen LogP) is 5.12. The molecule has 0 saturated carbocycles. The topological polar surface area (TPSA) is 41.1 Å². The lowest BCUT2D eigenvalue weighted by atomic mass is 10.1. The number of nitrogens with one attached hydrogen (secondary N) is 1. The Kier molecular flexibility index (Phi) is 6.07. The molecule has 0 fully saturated rings. The van der Waals surface area contributed by atoms with Gasteiger partial charge in [0.1, 0.15) is 5.82 Å². The predicted molar refractivity (Wildman–Crippen MR) is 113 cm³/mol. The van der Waals surface area contributed by atoms with Gasteiger partial charge in [-0.1, -0.05) is 60.2 Å². The van der Waals surface area contributed by atoms with Gasteiger partial charge in [0.2, 0.25) is 5.95 Å². The number of aromatic nitrogens is 2. The molecule has 0 atom stereocenters. The first-order valence-electron chi connectivity index (χ1n) is 9.47. The summed E-state index contributed by atoms with van der Waals surface area (Å²) in [5, 5.41) is 3.45. The number of benzene rings is 2. The van der Waals surface area contributed by atoms with Crippen LogP contribution in [0.1, 0.15) is 36.2 Å². The van der Waals surface area contributed by atoms with E-state index in [1.165, 1.54) is 16.7 Å². The van der Waals surface area contributed by atoms with Crippen LogP contribution in [0.4, 0.5) is 11.8 Å². The number of aryl methyl sites for hydroxylation is 2. The van der Waals surface area contributed by atoms with E-state index in [-0.39, 0.29) is 0 Å². The zero-order valence-corrected chi connectivity index (χ0v) is 16.6. The second kappa shape index (κ2) is 8.67. The highest BCUT2D eigenvalue weighted by Gasteiger charge is 2.15. The van der Waals surface area contributed by atoms with Crippen LogP contribution in [0.5, 0.6) is 0 Å². The van der Waals surface area contributed by atoms with Gasteiger partial charge in [0, 0.05) is 30.9 Å². The van der Waals surface area contributed by atoms with Gasteiger partial charge >= 0.3 is 0 Å². The average molecular weight is 361 g/mol. The lowest BCUT2D eigenvalue weighted by Gasteiger charge is -2.27. The molecule has 4 nitrogen and oxygen atoms in total. The maximum atomic E-state index is 4.79. The molecule has 1 aromatic heterocycles. The monoisotopic (exact) mass is 360 g/mol. The SMILES string of the molecule is Cc1cccc(CNc2cc(C)nc(N(Cc3ccccc3)C(C)C)n2)c1. The lowest BCUT2D eigenvalue weighted by Crippen LogP contribution is -2.32. The third kappa shape index (κ3) is 5.30. The van der Waals surface area contributed by atoms with Gasteiger partial charge in [-0.05, 0) is 38.8 Å². The molecule has 1 N–H and O–H groups in total. The highest BCUT2D eigenvalue weighted by Crippen LogP contribution is 2.19. The van der Waals surface area contributed by atoms with E-state index >= 15 is 0 Å². The third-order valence-electron chi connectivity index (χ3n) is 4.47. The van der Waals surface area contributed by atoms with Gasteiger partial charge in [-0.15, -0.1) is 0 Å². The molecule has 0 aliphatic rings. The van der Waals surface area contributed by atoms with E-state index in [0.717, 1.165) is 30.5 Å². The van der Waals surface area contributed by atoms with Crippen molar-refractivity contribution in [2.45, 2.75) is 46.8 Å². The molecule has 0 aliphatic carbocycles. The van der Waals surface area contributed by atoms with Crippen molar-refractivity contribution in [3.8, 4) is 0 Å². The fourth-order valence-corrected chi connectivity index (χ4v) is 3.05. The summed E-state index contributed by atoms with van der Waals surface area (Å²) in [4.78, 5) is 11.7. The van der Waals surface area contributed by atoms with Crippen LogP contribution < -0.4 is 10.2 Å². The average Bonchev–Trinajstić information content (AvgIpc) is 2.65. The van der Waals surface area contributed by atoms with E-state index in [1.807, 2.05) is 19.1 Å². The highest BCUT2D eigenvalue weighted by atomic mass is 15.3. The first-order valence-corrected chi connectivity index (χ1v) is 9.47. The van der Waals surface area contributed by atoms with Crippen LogP contribution in [-0.2, 0) is 13.1 Å². The Morgan fingerprint density at radius 3 is 2.33 bits per heavy atom. The number of hydrogen-bond donors (Lipinski definition) is 1. The van der Waals surface area contributed by atoms with E-state index in [0.29, 0.717) is 6.04 Å². The maximum absolute atomic E-state index is 4.79. The second-order valence-electron chi connectivity index (χ2n) is 7.24. The van der Waals surface area contributed by atoms with E-state index in [9.17, 15) is 0 Å². The molecule has 0 unspecified atom stereocenters. The van der Waals surface area contributed by atoms with Gasteiger partial charge in [-0.3, -0.25) is 0 Å². The quantitative estimate of drug-likeness (QED) is 0.635. The van der Waals surface area contributed by atoms with Crippen molar-refractivity contribution < 1.29 is 0 Å². The van der Waals surface area contributed by atoms with Crippen molar-refractivity contribution in [2.75, 3.05) is 10.2 Å². The van der Waals surface area contributed by atoms with Gasteiger partial charge in [0.15, 0.2) is 0 Å². The number of anilines is 2. The lowest BCUT2D eigenvalue weighted by molar-refractivity contribution is 0.659. The van der Waals surface area contributed by atoms with Crippen LogP contribution in [0, 0.1) is 13.8 Å². The molecular weight excluding hydrogens is 332 g/mol. The van der Waals surface area contributed by atoms with Crippen LogP contribution in [0.3, 0.4) is 0 Å². The molecular formula is C23H28N4. The molecule has 0 bridgehead atoms. The second-order valence-corrected chi connectivity index (χ2v) is 7.24. The Bertz CT molecular complexity index is 875. The fraction of sp³-hybridized carbons (Fsp3) is 0.304. The molecule has 3 rings (SSSR count). The van der Waals surface area contributed by atoms with E-state index in [4.69, 9.17) is 9.97 Å². The van der Waals surface area contributed by atoms with Crippen molar-refractivity contribution in [1.82, 2.24) is 9.97 Å². The van der Waals surface area contributed by atoms with Crippen LogP contribution in [0.15, 0.2) is 60.7 Å². The number of nitrogens with zero attached hydrogens (tertiary/aromatic N) is 3. The summed E-state index contributed by atoms with van der Waals surface area (Å²) in [5.74, 6) is 1.62. The normalized spacial score (nSPS) is 10.9. The molecule has 3 aromatic rings. The van der Waals surface area contributed by atoms with E-state index < -0.39 is 0 Å². The molecule has 0 saturated heterocycles. The van der Waals surface area contributed by atoms with Crippen molar-refractivity contribution in [1.29, 1.82) is 0 Å². The molecule has 0 radical (unpaired) electrons. The minimum atomic E-state index is 0.302. The summed E-state index contributed by atoms with van der Waals surface area (Å²) >= 11 is 0. The smallest absolute Gasteiger partial charge is 0.228 e. The van der Waals surface area contributed by atoms with Crippen LogP contribution in [0.2, 0.25) is 0 Å². The molecule has 0 spiro atoms. The summed E-state index contributed by atoms with van der Waals surface area (Å²) in [6.07, 6.45) is 0. The Labute approximate surface area is 162 Å². The van der Waals surface area contributed by atoms with Crippen molar-refractivity contribution in [2.24, 2.45) is 0 Å². The van der Waals surface area contributed by atoms with Crippen LogP contribution in [-0.4, -0.2) is 16.0 Å². The molecule has 1 heterocycles. The Balaban J connectivity index is 1.79.